The van der Waals surface area contributed by atoms with Crippen LogP contribution in [0.15, 0.2) is 28.8 Å². The highest BCUT2D eigenvalue weighted by Crippen LogP contribution is 2.16. The monoisotopic (exact) mass is 226 g/mol. The van der Waals surface area contributed by atoms with Gasteiger partial charge in [0.15, 0.2) is 5.42 Å². The van der Waals surface area contributed by atoms with Crippen molar-refractivity contribution in [1.82, 2.24) is 9.97 Å². The molecule has 0 radical (unpaired) electrons. The SMILES string of the molecule is CC1=c2nc(-c3ccccn3)oc2=C(C)CC1. The van der Waals surface area contributed by atoms with Gasteiger partial charge in [0.1, 0.15) is 11.0 Å². The number of hydrogen-bond acceptors (Lipinski definition) is 3. The van der Waals surface area contributed by atoms with Crippen molar-refractivity contribution in [3.05, 3.63) is 35.2 Å². The molecule has 0 amide bonds. The molecule has 17 heavy (non-hydrogen) atoms. The lowest BCUT2D eigenvalue weighted by atomic mass is 10.0. The molecule has 0 aromatic carbocycles. The van der Waals surface area contributed by atoms with Crippen molar-refractivity contribution in [3.8, 4) is 11.6 Å². The fourth-order valence-electron chi connectivity index (χ4n) is 2.10. The van der Waals surface area contributed by atoms with Crippen LogP contribution >= 0.6 is 0 Å². The first-order valence-electron chi connectivity index (χ1n) is 5.83. The molecule has 2 aromatic heterocycles. The topological polar surface area (TPSA) is 38.9 Å². The predicted octanol–water partition coefficient (Wildman–Crippen LogP) is 1.87. The summed E-state index contributed by atoms with van der Waals surface area (Å²) in [5.41, 5.74) is 4.31. The van der Waals surface area contributed by atoms with Crippen molar-refractivity contribution in [1.29, 1.82) is 0 Å². The maximum atomic E-state index is 5.84. The molecule has 1 aliphatic rings. The van der Waals surface area contributed by atoms with Gasteiger partial charge in [0.25, 0.3) is 0 Å². The van der Waals surface area contributed by atoms with E-state index in [9.17, 15) is 0 Å². The third kappa shape index (κ3) is 1.68. The van der Waals surface area contributed by atoms with Gasteiger partial charge in [0.05, 0.1) is 0 Å². The van der Waals surface area contributed by atoms with Crippen LogP contribution in [0.25, 0.3) is 22.7 Å². The second-order valence-corrected chi connectivity index (χ2v) is 4.47. The van der Waals surface area contributed by atoms with E-state index in [1.807, 2.05) is 18.2 Å². The van der Waals surface area contributed by atoms with E-state index in [2.05, 4.69) is 23.8 Å². The summed E-state index contributed by atoms with van der Waals surface area (Å²) in [5, 5.41) is 1.01. The highest BCUT2D eigenvalue weighted by molar-refractivity contribution is 5.55. The molecule has 3 rings (SSSR count). The predicted molar refractivity (Wildman–Crippen MR) is 66.4 cm³/mol. The van der Waals surface area contributed by atoms with E-state index in [1.54, 1.807) is 6.20 Å². The van der Waals surface area contributed by atoms with Crippen molar-refractivity contribution in [2.24, 2.45) is 0 Å². The minimum absolute atomic E-state index is 0.621. The van der Waals surface area contributed by atoms with Gasteiger partial charge in [0, 0.05) is 6.20 Å². The first kappa shape index (κ1) is 10.3. The van der Waals surface area contributed by atoms with Crippen LogP contribution < -0.4 is 10.8 Å². The summed E-state index contributed by atoms with van der Waals surface area (Å²) < 4.78 is 5.84. The molecule has 0 bridgehead atoms. The Labute approximate surface area is 99.5 Å². The minimum Gasteiger partial charge on any atom is -0.435 e. The second-order valence-electron chi connectivity index (χ2n) is 4.47. The molecule has 0 spiro atoms. The van der Waals surface area contributed by atoms with Gasteiger partial charge in [-0.15, -0.1) is 0 Å². The quantitative estimate of drug-likeness (QED) is 0.745. The maximum absolute atomic E-state index is 5.84. The van der Waals surface area contributed by atoms with Crippen molar-refractivity contribution in [3.63, 3.8) is 0 Å². The van der Waals surface area contributed by atoms with Crippen molar-refractivity contribution >= 4 is 11.1 Å². The molecule has 0 saturated carbocycles. The zero-order chi connectivity index (χ0) is 11.8. The molecular weight excluding hydrogens is 212 g/mol. The third-order valence-electron chi connectivity index (χ3n) is 3.18. The normalized spacial score (nSPS) is 14.9. The number of aromatic nitrogens is 2. The third-order valence-corrected chi connectivity index (χ3v) is 3.18. The minimum atomic E-state index is 0.621. The smallest absolute Gasteiger partial charge is 0.246 e. The molecule has 0 N–H and O–H groups in total. The second kappa shape index (κ2) is 3.84. The molecule has 2 heterocycles. The highest BCUT2D eigenvalue weighted by Gasteiger charge is 2.13. The largest absolute Gasteiger partial charge is 0.435 e. The molecule has 0 aliphatic heterocycles. The van der Waals surface area contributed by atoms with Gasteiger partial charge in [-0.3, -0.25) is 4.98 Å². The number of pyridine rings is 1. The summed E-state index contributed by atoms with van der Waals surface area (Å²) in [5.74, 6) is 0.621. The first-order valence-corrected chi connectivity index (χ1v) is 5.83. The van der Waals surface area contributed by atoms with Gasteiger partial charge in [0.2, 0.25) is 5.89 Å². The van der Waals surface area contributed by atoms with Crippen molar-refractivity contribution in [2.75, 3.05) is 0 Å². The molecule has 1 aliphatic carbocycles. The Bertz CT molecular complexity index is 628. The Morgan fingerprint density at radius 1 is 1.12 bits per heavy atom. The average molecular weight is 226 g/mol. The van der Waals surface area contributed by atoms with Gasteiger partial charge in [-0.2, -0.15) is 0 Å². The van der Waals surface area contributed by atoms with Crippen molar-refractivity contribution < 1.29 is 4.42 Å². The number of nitrogens with zero attached hydrogens (tertiary/aromatic N) is 2. The molecule has 3 nitrogen and oxygen atoms in total. The van der Waals surface area contributed by atoms with Crippen LogP contribution in [-0.4, -0.2) is 9.97 Å². The summed E-state index contributed by atoms with van der Waals surface area (Å²) in [7, 11) is 0. The van der Waals surface area contributed by atoms with Gasteiger partial charge in [-0.25, -0.2) is 4.98 Å². The first-order chi connectivity index (χ1) is 8.25. The molecule has 0 fully saturated rings. The zero-order valence-electron chi connectivity index (χ0n) is 10.0. The molecule has 2 aromatic rings. The van der Waals surface area contributed by atoms with Crippen LogP contribution in [-0.2, 0) is 0 Å². The molecule has 0 atom stereocenters. The van der Waals surface area contributed by atoms with E-state index in [4.69, 9.17) is 4.42 Å². The van der Waals surface area contributed by atoms with E-state index < -0.39 is 0 Å². The Morgan fingerprint density at radius 3 is 2.65 bits per heavy atom. The van der Waals surface area contributed by atoms with Crippen LogP contribution in [0.1, 0.15) is 26.7 Å². The average Bonchev–Trinajstić information content (AvgIpc) is 2.81. The Morgan fingerprint density at radius 2 is 1.94 bits per heavy atom. The molecule has 0 saturated heterocycles. The van der Waals surface area contributed by atoms with E-state index in [0.717, 1.165) is 29.3 Å². The zero-order valence-corrected chi connectivity index (χ0v) is 10.0. The molecule has 86 valence electrons. The summed E-state index contributed by atoms with van der Waals surface area (Å²) in [6.45, 7) is 4.23. The number of hydrogen-bond donors (Lipinski definition) is 0. The fourth-order valence-corrected chi connectivity index (χ4v) is 2.10. The Kier molecular flexibility index (Phi) is 2.32. The van der Waals surface area contributed by atoms with Crippen LogP contribution in [0.3, 0.4) is 0 Å². The molecule has 0 unspecified atom stereocenters. The standard InChI is InChI=1S/C14H14N2O/c1-9-6-7-10(2)13-12(9)16-14(17-13)11-5-3-4-8-15-11/h3-5,8H,6-7H2,1-2H3. The van der Waals surface area contributed by atoms with Crippen LogP contribution in [0, 0.1) is 0 Å². The molecule has 3 heteroatoms. The van der Waals surface area contributed by atoms with Gasteiger partial charge < -0.3 is 4.42 Å². The fraction of sp³-hybridized carbons (Fsp3) is 0.286. The van der Waals surface area contributed by atoms with Crippen LogP contribution in [0.5, 0.6) is 0 Å². The Balaban J connectivity index is 2.29. The van der Waals surface area contributed by atoms with Crippen LogP contribution in [0.4, 0.5) is 0 Å². The van der Waals surface area contributed by atoms with Gasteiger partial charge in [-0.1, -0.05) is 6.07 Å². The number of oxazole rings is 1. The number of fused-ring (bicyclic) bond motifs is 1. The Hall–Kier alpha value is -1.90. The lowest BCUT2D eigenvalue weighted by Crippen LogP contribution is -2.29. The van der Waals surface area contributed by atoms with E-state index in [1.165, 1.54) is 11.1 Å². The van der Waals surface area contributed by atoms with Gasteiger partial charge in [-0.05, 0) is 50.0 Å². The molecular formula is C14H14N2O. The van der Waals surface area contributed by atoms with E-state index in [0.29, 0.717) is 5.89 Å². The summed E-state index contributed by atoms with van der Waals surface area (Å²) in [6, 6.07) is 5.75. The lowest BCUT2D eigenvalue weighted by Gasteiger charge is -2.04. The van der Waals surface area contributed by atoms with Crippen LogP contribution in [0.2, 0.25) is 0 Å². The highest BCUT2D eigenvalue weighted by atomic mass is 16.3. The summed E-state index contributed by atoms with van der Waals surface area (Å²) in [6.07, 6.45) is 3.90. The van der Waals surface area contributed by atoms with E-state index >= 15 is 0 Å². The maximum Gasteiger partial charge on any atom is 0.246 e. The summed E-state index contributed by atoms with van der Waals surface area (Å²) in [4.78, 5) is 8.83. The number of rotatable bonds is 1. The van der Waals surface area contributed by atoms with E-state index in [-0.39, 0.29) is 0 Å². The lowest BCUT2D eigenvalue weighted by molar-refractivity contribution is 0.531. The van der Waals surface area contributed by atoms with Crippen molar-refractivity contribution in [2.45, 2.75) is 26.7 Å². The van der Waals surface area contributed by atoms with Gasteiger partial charge >= 0.3 is 0 Å². The summed E-state index contributed by atoms with van der Waals surface area (Å²) >= 11 is 0.